The highest BCUT2D eigenvalue weighted by Gasteiger charge is 2.43. The van der Waals surface area contributed by atoms with Gasteiger partial charge in [-0.3, -0.25) is 4.79 Å². The van der Waals surface area contributed by atoms with Gasteiger partial charge in [-0.15, -0.1) is 0 Å². The molecule has 4 nitrogen and oxygen atoms in total. The quantitative estimate of drug-likeness (QED) is 0.897. The zero-order valence-corrected chi connectivity index (χ0v) is 12.9. The number of fused-ring (bicyclic) bond motifs is 1. The molecule has 0 aromatic heterocycles. The van der Waals surface area contributed by atoms with Crippen molar-refractivity contribution < 1.29 is 9.53 Å². The molecule has 1 heterocycles. The van der Waals surface area contributed by atoms with E-state index in [4.69, 9.17) is 10.5 Å². The van der Waals surface area contributed by atoms with Crippen LogP contribution in [-0.2, 0) is 21.7 Å². The summed E-state index contributed by atoms with van der Waals surface area (Å²) >= 11 is 3.43. The van der Waals surface area contributed by atoms with Gasteiger partial charge in [-0.1, -0.05) is 46.3 Å². The predicted molar refractivity (Wildman–Crippen MR) is 84.7 cm³/mol. The third kappa shape index (κ3) is 2.54. The van der Waals surface area contributed by atoms with Gasteiger partial charge in [0.15, 0.2) is 5.54 Å². The lowest BCUT2D eigenvalue weighted by Gasteiger charge is -2.37. The zero-order chi connectivity index (χ0) is 14.9. The van der Waals surface area contributed by atoms with Gasteiger partial charge in [0, 0.05) is 10.2 Å². The van der Waals surface area contributed by atoms with Gasteiger partial charge in [-0.2, -0.15) is 0 Å². The lowest BCUT2D eigenvalue weighted by molar-refractivity contribution is -0.125. The van der Waals surface area contributed by atoms with Crippen molar-refractivity contribution in [1.29, 1.82) is 0 Å². The van der Waals surface area contributed by atoms with Crippen LogP contribution < -0.4 is 11.1 Å². The van der Waals surface area contributed by atoms with Crippen molar-refractivity contribution in [2.45, 2.75) is 12.1 Å². The first-order chi connectivity index (χ1) is 10.1. The van der Waals surface area contributed by atoms with Gasteiger partial charge >= 0.3 is 0 Å². The van der Waals surface area contributed by atoms with Crippen LogP contribution in [0.1, 0.15) is 11.1 Å². The number of ether oxygens (including phenoxy) is 1. The molecule has 0 saturated heterocycles. The van der Waals surface area contributed by atoms with E-state index in [0.29, 0.717) is 6.61 Å². The normalized spacial score (nSPS) is 20.6. The fourth-order valence-corrected chi connectivity index (χ4v) is 3.04. The molecule has 0 aliphatic carbocycles. The lowest BCUT2D eigenvalue weighted by Crippen LogP contribution is -2.53. The number of primary amides is 1. The molecule has 2 aromatic rings. The van der Waals surface area contributed by atoms with E-state index in [1.54, 1.807) is 0 Å². The van der Waals surface area contributed by atoms with Crippen molar-refractivity contribution in [3.05, 3.63) is 64.1 Å². The number of anilines is 1. The lowest BCUT2D eigenvalue weighted by atomic mass is 9.84. The third-order valence-electron chi connectivity index (χ3n) is 3.66. The van der Waals surface area contributed by atoms with E-state index in [1.165, 1.54) is 0 Å². The van der Waals surface area contributed by atoms with Crippen LogP contribution in [0.4, 0.5) is 5.69 Å². The molecule has 1 aliphatic rings. The Morgan fingerprint density at radius 2 is 2.05 bits per heavy atom. The Hall–Kier alpha value is -1.85. The highest BCUT2D eigenvalue weighted by Crippen LogP contribution is 2.34. The molecule has 21 heavy (non-hydrogen) atoms. The summed E-state index contributed by atoms with van der Waals surface area (Å²) in [7, 11) is 0. The minimum absolute atomic E-state index is 0.214. The number of carbonyl (C=O) groups excluding carboxylic acids is 1. The maximum Gasteiger partial charge on any atom is 0.250 e. The Bertz CT molecular complexity index is 689. The zero-order valence-electron chi connectivity index (χ0n) is 11.3. The molecule has 3 rings (SSSR count). The first kappa shape index (κ1) is 14.1. The van der Waals surface area contributed by atoms with Crippen molar-refractivity contribution in [3.63, 3.8) is 0 Å². The Morgan fingerprint density at radius 1 is 1.24 bits per heavy atom. The monoisotopic (exact) mass is 346 g/mol. The molecule has 5 heteroatoms. The summed E-state index contributed by atoms with van der Waals surface area (Å²) < 4.78 is 6.53. The Balaban J connectivity index is 2.08. The molecule has 0 radical (unpaired) electrons. The second-order valence-corrected chi connectivity index (χ2v) is 5.97. The molecule has 1 amide bonds. The van der Waals surface area contributed by atoms with Crippen molar-refractivity contribution in [2.75, 3.05) is 11.9 Å². The largest absolute Gasteiger partial charge is 0.373 e. The molecule has 1 unspecified atom stereocenters. The highest BCUT2D eigenvalue weighted by atomic mass is 79.9. The smallest absolute Gasteiger partial charge is 0.250 e. The van der Waals surface area contributed by atoms with Crippen LogP contribution in [-0.4, -0.2) is 12.5 Å². The van der Waals surface area contributed by atoms with Crippen LogP contribution in [0.25, 0.3) is 0 Å². The van der Waals surface area contributed by atoms with E-state index >= 15 is 0 Å². The van der Waals surface area contributed by atoms with Crippen LogP contribution in [0.15, 0.2) is 53.0 Å². The number of halogens is 1. The Labute approximate surface area is 131 Å². The van der Waals surface area contributed by atoms with Gasteiger partial charge in [-0.25, -0.2) is 0 Å². The molecule has 0 bridgehead atoms. The van der Waals surface area contributed by atoms with Crippen LogP contribution in [0, 0.1) is 0 Å². The molecule has 108 valence electrons. The average molecular weight is 347 g/mol. The van der Waals surface area contributed by atoms with Gasteiger partial charge in [0.25, 0.3) is 0 Å². The number of nitrogens with two attached hydrogens (primary N) is 1. The number of hydrogen-bond acceptors (Lipinski definition) is 3. The average Bonchev–Trinajstić information content (AvgIpc) is 2.47. The van der Waals surface area contributed by atoms with Crippen LogP contribution in [0.3, 0.4) is 0 Å². The first-order valence-corrected chi connectivity index (χ1v) is 7.41. The molecule has 2 aromatic carbocycles. The Morgan fingerprint density at radius 3 is 2.81 bits per heavy atom. The van der Waals surface area contributed by atoms with E-state index in [-0.39, 0.29) is 6.61 Å². The number of carbonyl (C=O) groups is 1. The van der Waals surface area contributed by atoms with Crippen molar-refractivity contribution in [1.82, 2.24) is 0 Å². The van der Waals surface area contributed by atoms with Gasteiger partial charge in [-0.05, 0) is 29.3 Å². The Kier molecular flexibility index (Phi) is 3.69. The minimum Gasteiger partial charge on any atom is -0.373 e. The summed E-state index contributed by atoms with van der Waals surface area (Å²) in [6.07, 6.45) is 0. The molecule has 0 spiro atoms. The number of amides is 1. The summed E-state index contributed by atoms with van der Waals surface area (Å²) in [6, 6.07) is 15.3. The number of hydrogen-bond donors (Lipinski definition) is 2. The summed E-state index contributed by atoms with van der Waals surface area (Å²) in [5.41, 5.74) is 7.33. The first-order valence-electron chi connectivity index (χ1n) is 6.61. The van der Waals surface area contributed by atoms with E-state index in [2.05, 4.69) is 21.2 Å². The van der Waals surface area contributed by atoms with Gasteiger partial charge in [0.2, 0.25) is 5.91 Å². The van der Waals surface area contributed by atoms with Crippen molar-refractivity contribution in [2.24, 2.45) is 5.73 Å². The topological polar surface area (TPSA) is 64.4 Å². The molecule has 1 atom stereocenters. The molecule has 1 aliphatic heterocycles. The minimum atomic E-state index is -1.05. The maximum absolute atomic E-state index is 12.2. The molecule has 0 saturated carbocycles. The van der Waals surface area contributed by atoms with Crippen LogP contribution >= 0.6 is 15.9 Å². The van der Waals surface area contributed by atoms with E-state index in [0.717, 1.165) is 21.3 Å². The summed E-state index contributed by atoms with van der Waals surface area (Å²) in [4.78, 5) is 12.2. The van der Waals surface area contributed by atoms with Gasteiger partial charge < -0.3 is 15.8 Å². The van der Waals surface area contributed by atoms with E-state index in [1.807, 2.05) is 48.5 Å². The predicted octanol–water partition coefficient (Wildman–Crippen LogP) is 2.77. The molecular formula is C16H15BrN2O2. The van der Waals surface area contributed by atoms with E-state index < -0.39 is 11.4 Å². The SMILES string of the molecule is NC(=O)C1(Nc2cccc(Br)c2)COCc2ccccc21. The summed E-state index contributed by atoms with van der Waals surface area (Å²) in [5.74, 6) is -0.449. The van der Waals surface area contributed by atoms with E-state index in [9.17, 15) is 4.79 Å². The van der Waals surface area contributed by atoms with Crippen LogP contribution in [0.2, 0.25) is 0 Å². The van der Waals surface area contributed by atoms with Crippen molar-refractivity contribution in [3.8, 4) is 0 Å². The highest BCUT2D eigenvalue weighted by molar-refractivity contribution is 9.10. The third-order valence-corrected chi connectivity index (χ3v) is 4.15. The maximum atomic E-state index is 12.2. The molecule has 3 N–H and O–H groups in total. The fraction of sp³-hybridized carbons (Fsp3) is 0.188. The number of nitrogens with one attached hydrogen (secondary N) is 1. The van der Waals surface area contributed by atoms with Crippen LogP contribution in [0.5, 0.6) is 0 Å². The molecule has 0 fully saturated rings. The standard InChI is InChI=1S/C16H15BrN2O2/c17-12-5-3-6-13(8-12)19-16(15(18)20)10-21-9-11-4-1-2-7-14(11)16/h1-8,19H,9-10H2,(H2,18,20). The summed E-state index contributed by atoms with van der Waals surface area (Å²) in [6.45, 7) is 0.706. The van der Waals surface area contributed by atoms with Gasteiger partial charge in [0.05, 0.1) is 13.2 Å². The molecular weight excluding hydrogens is 332 g/mol. The van der Waals surface area contributed by atoms with Gasteiger partial charge in [0.1, 0.15) is 0 Å². The second-order valence-electron chi connectivity index (χ2n) is 5.05. The number of benzene rings is 2. The fourth-order valence-electron chi connectivity index (χ4n) is 2.64. The summed E-state index contributed by atoms with van der Waals surface area (Å²) in [5, 5.41) is 3.26. The number of rotatable bonds is 3. The second kappa shape index (κ2) is 5.50. The van der Waals surface area contributed by atoms with Crippen molar-refractivity contribution >= 4 is 27.5 Å².